The molecule has 1 unspecified atom stereocenters. The third-order valence-corrected chi connectivity index (χ3v) is 4.90. The standard InChI is InChI=1S/C21H24O2/c1-23-21(22)13-12-18-7-3-5-9-20(18)15-16-10-11-17-6-2-4-8-19(17)14-16/h2-9,16H,10-15H2,1H3. The number of benzene rings is 2. The summed E-state index contributed by atoms with van der Waals surface area (Å²) in [5.41, 5.74) is 5.70. The van der Waals surface area contributed by atoms with E-state index in [1.807, 2.05) is 0 Å². The second-order valence-corrected chi connectivity index (χ2v) is 6.43. The summed E-state index contributed by atoms with van der Waals surface area (Å²) in [7, 11) is 1.45. The molecule has 0 radical (unpaired) electrons. The molecular weight excluding hydrogens is 284 g/mol. The van der Waals surface area contributed by atoms with Crippen molar-refractivity contribution in [2.45, 2.75) is 38.5 Å². The zero-order valence-electron chi connectivity index (χ0n) is 13.8. The quantitative estimate of drug-likeness (QED) is 0.776. The number of carbonyl (C=O) groups is 1. The molecule has 2 heteroatoms. The van der Waals surface area contributed by atoms with Crippen LogP contribution in [0.2, 0.25) is 0 Å². The Labute approximate surface area is 138 Å². The Bertz CT molecular complexity index is 675. The Balaban J connectivity index is 1.68. The highest BCUT2D eigenvalue weighted by Gasteiger charge is 2.19. The van der Waals surface area contributed by atoms with Crippen LogP contribution in [0.15, 0.2) is 48.5 Å². The van der Waals surface area contributed by atoms with Gasteiger partial charge in [0, 0.05) is 6.42 Å². The van der Waals surface area contributed by atoms with Crippen LogP contribution in [0.3, 0.4) is 0 Å². The van der Waals surface area contributed by atoms with E-state index >= 15 is 0 Å². The monoisotopic (exact) mass is 308 g/mol. The fourth-order valence-corrected chi connectivity index (χ4v) is 3.60. The average molecular weight is 308 g/mol. The van der Waals surface area contributed by atoms with E-state index in [1.54, 1.807) is 0 Å². The van der Waals surface area contributed by atoms with E-state index in [9.17, 15) is 4.79 Å². The van der Waals surface area contributed by atoms with E-state index in [-0.39, 0.29) is 5.97 Å². The number of hydrogen-bond donors (Lipinski definition) is 0. The molecule has 1 atom stereocenters. The maximum absolute atomic E-state index is 11.4. The Morgan fingerprint density at radius 1 is 1.04 bits per heavy atom. The molecule has 0 N–H and O–H groups in total. The van der Waals surface area contributed by atoms with Crippen LogP contribution >= 0.6 is 0 Å². The summed E-state index contributed by atoms with van der Waals surface area (Å²) in [4.78, 5) is 11.4. The van der Waals surface area contributed by atoms with Gasteiger partial charge in [0.1, 0.15) is 0 Å². The zero-order valence-corrected chi connectivity index (χ0v) is 13.8. The summed E-state index contributed by atoms with van der Waals surface area (Å²) in [5.74, 6) is 0.565. The third kappa shape index (κ3) is 4.01. The minimum absolute atomic E-state index is 0.133. The Hall–Kier alpha value is -2.09. The molecule has 1 aliphatic carbocycles. The highest BCUT2D eigenvalue weighted by Crippen LogP contribution is 2.28. The van der Waals surface area contributed by atoms with Gasteiger partial charge in [-0.15, -0.1) is 0 Å². The van der Waals surface area contributed by atoms with Gasteiger partial charge >= 0.3 is 5.97 Å². The molecule has 0 saturated heterocycles. The molecule has 0 aromatic heterocycles. The number of esters is 1. The molecule has 120 valence electrons. The maximum Gasteiger partial charge on any atom is 0.305 e. The van der Waals surface area contributed by atoms with Crippen molar-refractivity contribution >= 4 is 5.97 Å². The molecule has 2 aromatic carbocycles. The fraction of sp³-hybridized carbons (Fsp3) is 0.381. The lowest BCUT2D eigenvalue weighted by Gasteiger charge is -2.25. The SMILES string of the molecule is COC(=O)CCc1ccccc1CC1CCc2ccccc2C1. The largest absolute Gasteiger partial charge is 0.469 e. The van der Waals surface area contributed by atoms with Gasteiger partial charge < -0.3 is 4.74 Å². The van der Waals surface area contributed by atoms with E-state index in [0.717, 1.165) is 12.8 Å². The number of hydrogen-bond acceptors (Lipinski definition) is 2. The number of carbonyl (C=O) groups excluding carboxylic acids is 1. The number of methoxy groups -OCH3 is 1. The number of fused-ring (bicyclic) bond motifs is 1. The van der Waals surface area contributed by atoms with Gasteiger partial charge in [0.05, 0.1) is 7.11 Å². The summed E-state index contributed by atoms with van der Waals surface area (Å²) in [6.07, 6.45) is 5.94. The number of ether oxygens (including phenoxy) is 1. The summed E-state index contributed by atoms with van der Waals surface area (Å²) in [6.45, 7) is 0. The lowest BCUT2D eigenvalue weighted by molar-refractivity contribution is -0.140. The average Bonchev–Trinajstić information content (AvgIpc) is 2.60. The van der Waals surface area contributed by atoms with Crippen molar-refractivity contribution < 1.29 is 9.53 Å². The second-order valence-electron chi connectivity index (χ2n) is 6.43. The summed E-state index contributed by atoms with van der Waals surface area (Å²) >= 11 is 0. The number of aryl methyl sites for hydroxylation is 2. The van der Waals surface area contributed by atoms with Crippen molar-refractivity contribution in [3.8, 4) is 0 Å². The Morgan fingerprint density at radius 3 is 2.52 bits per heavy atom. The van der Waals surface area contributed by atoms with Crippen LogP contribution in [-0.4, -0.2) is 13.1 Å². The van der Waals surface area contributed by atoms with Gasteiger partial charge in [0.25, 0.3) is 0 Å². The van der Waals surface area contributed by atoms with E-state index in [2.05, 4.69) is 48.5 Å². The summed E-state index contributed by atoms with van der Waals surface area (Å²) in [5, 5.41) is 0. The molecule has 0 heterocycles. The molecule has 0 spiro atoms. The van der Waals surface area contributed by atoms with Crippen LogP contribution in [0.5, 0.6) is 0 Å². The van der Waals surface area contributed by atoms with E-state index in [1.165, 1.54) is 48.6 Å². The first-order valence-corrected chi connectivity index (χ1v) is 8.46. The van der Waals surface area contributed by atoms with Crippen LogP contribution in [-0.2, 0) is 35.2 Å². The Morgan fingerprint density at radius 2 is 1.74 bits per heavy atom. The third-order valence-electron chi connectivity index (χ3n) is 4.90. The van der Waals surface area contributed by atoms with Crippen molar-refractivity contribution in [2.75, 3.05) is 7.11 Å². The van der Waals surface area contributed by atoms with Crippen LogP contribution in [0.1, 0.15) is 35.1 Å². The van der Waals surface area contributed by atoms with E-state index < -0.39 is 0 Å². The molecule has 0 saturated carbocycles. The fourth-order valence-electron chi connectivity index (χ4n) is 3.60. The van der Waals surface area contributed by atoms with Crippen molar-refractivity contribution in [3.05, 3.63) is 70.8 Å². The van der Waals surface area contributed by atoms with Gasteiger partial charge in [-0.2, -0.15) is 0 Å². The predicted molar refractivity (Wildman–Crippen MR) is 92.4 cm³/mol. The van der Waals surface area contributed by atoms with Crippen molar-refractivity contribution in [3.63, 3.8) is 0 Å². The molecular formula is C21H24O2. The van der Waals surface area contributed by atoms with Crippen molar-refractivity contribution in [2.24, 2.45) is 5.92 Å². The van der Waals surface area contributed by atoms with Gasteiger partial charge in [0.2, 0.25) is 0 Å². The van der Waals surface area contributed by atoms with E-state index in [4.69, 9.17) is 4.74 Å². The molecule has 0 bridgehead atoms. The van der Waals surface area contributed by atoms with Gasteiger partial charge in [-0.05, 0) is 60.3 Å². The molecule has 23 heavy (non-hydrogen) atoms. The molecule has 2 aromatic rings. The number of rotatable bonds is 5. The highest BCUT2D eigenvalue weighted by molar-refractivity contribution is 5.69. The normalized spacial score (nSPS) is 16.7. The van der Waals surface area contributed by atoms with Crippen LogP contribution in [0.25, 0.3) is 0 Å². The topological polar surface area (TPSA) is 26.3 Å². The molecule has 0 fully saturated rings. The summed E-state index contributed by atoms with van der Waals surface area (Å²) < 4.78 is 4.76. The lowest BCUT2D eigenvalue weighted by atomic mass is 9.80. The zero-order chi connectivity index (χ0) is 16.1. The van der Waals surface area contributed by atoms with Gasteiger partial charge in [-0.25, -0.2) is 0 Å². The molecule has 3 rings (SSSR count). The minimum atomic E-state index is -0.133. The van der Waals surface area contributed by atoms with Crippen LogP contribution in [0.4, 0.5) is 0 Å². The molecule has 2 nitrogen and oxygen atoms in total. The smallest absolute Gasteiger partial charge is 0.305 e. The summed E-state index contributed by atoms with van der Waals surface area (Å²) in [6, 6.07) is 17.3. The van der Waals surface area contributed by atoms with Gasteiger partial charge in [-0.3, -0.25) is 4.79 Å². The van der Waals surface area contributed by atoms with Crippen LogP contribution < -0.4 is 0 Å². The van der Waals surface area contributed by atoms with Crippen molar-refractivity contribution in [1.29, 1.82) is 0 Å². The van der Waals surface area contributed by atoms with Crippen LogP contribution in [0, 0.1) is 5.92 Å². The lowest BCUT2D eigenvalue weighted by Crippen LogP contribution is -2.17. The second kappa shape index (κ2) is 7.45. The van der Waals surface area contributed by atoms with E-state index in [0.29, 0.717) is 12.3 Å². The molecule has 0 amide bonds. The van der Waals surface area contributed by atoms with Gasteiger partial charge in [-0.1, -0.05) is 48.5 Å². The molecule has 0 aliphatic heterocycles. The molecule has 1 aliphatic rings. The minimum Gasteiger partial charge on any atom is -0.469 e. The first kappa shape index (κ1) is 15.8. The first-order chi connectivity index (χ1) is 11.3. The van der Waals surface area contributed by atoms with Gasteiger partial charge in [0.15, 0.2) is 0 Å². The highest BCUT2D eigenvalue weighted by atomic mass is 16.5. The Kier molecular flexibility index (Phi) is 5.12. The predicted octanol–water partition coefficient (Wildman–Crippen LogP) is 4.14. The maximum atomic E-state index is 11.4. The first-order valence-electron chi connectivity index (χ1n) is 8.46. The van der Waals surface area contributed by atoms with Crippen molar-refractivity contribution in [1.82, 2.24) is 0 Å².